The Morgan fingerprint density at radius 3 is 2.94 bits per heavy atom. The fourth-order valence-electron chi connectivity index (χ4n) is 1.47. The summed E-state index contributed by atoms with van der Waals surface area (Å²) in [5.74, 6) is 0.193. The highest BCUT2D eigenvalue weighted by Gasteiger charge is 2.23. The van der Waals surface area contributed by atoms with E-state index in [1.807, 2.05) is 0 Å². The summed E-state index contributed by atoms with van der Waals surface area (Å²) in [4.78, 5) is 15.6. The highest BCUT2D eigenvalue weighted by molar-refractivity contribution is 6.42. The minimum atomic E-state index is -0.378. The predicted octanol–water partition coefficient (Wildman–Crippen LogP) is 2.51. The quantitative estimate of drug-likeness (QED) is 0.889. The number of hydrogen-bond acceptors (Lipinski definition) is 3. The molecule has 0 aromatic carbocycles. The molecule has 2 heterocycles. The number of amides is 1. The topological polar surface area (TPSA) is 51.2 Å². The zero-order chi connectivity index (χ0) is 11.5. The molecule has 2 rings (SSSR count). The maximum atomic E-state index is 11.7. The van der Waals surface area contributed by atoms with Crippen molar-refractivity contribution >= 4 is 34.9 Å². The molecule has 86 valence electrons. The Morgan fingerprint density at radius 1 is 1.50 bits per heavy atom. The number of nitrogens with zero attached hydrogens (tertiary/aromatic N) is 1. The van der Waals surface area contributed by atoms with E-state index in [4.69, 9.17) is 27.9 Å². The second kappa shape index (κ2) is 4.99. The molecular formula is C10H10Cl2N2O2. The Bertz CT molecular complexity index is 406. The number of rotatable bonds is 2. The van der Waals surface area contributed by atoms with Crippen LogP contribution in [0.5, 0.6) is 0 Å². The van der Waals surface area contributed by atoms with Crippen molar-refractivity contribution in [2.24, 2.45) is 0 Å². The molecule has 1 atom stereocenters. The van der Waals surface area contributed by atoms with Crippen LogP contribution in [0.2, 0.25) is 10.0 Å². The summed E-state index contributed by atoms with van der Waals surface area (Å²) in [5, 5.41) is 3.35. The van der Waals surface area contributed by atoms with E-state index < -0.39 is 0 Å². The second-order valence-corrected chi connectivity index (χ2v) is 4.29. The first-order valence-corrected chi connectivity index (χ1v) is 5.66. The van der Waals surface area contributed by atoms with Crippen LogP contribution >= 0.6 is 23.2 Å². The van der Waals surface area contributed by atoms with Crippen molar-refractivity contribution in [1.82, 2.24) is 4.98 Å². The van der Waals surface area contributed by atoms with Gasteiger partial charge in [0, 0.05) is 18.9 Å². The highest BCUT2D eigenvalue weighted by atomic mass is 35.5. The van der Waals surface area contributed by atoms with Crippen molar-refractivity contribution in [3.8, 4) is 0 Å². The lowest BCUT2D eigenvalue weighted by Gasteiger charge is -2.09. The Morgan fingerprint density at radius 2 is 2.31 bits per heavy atom. The fraction of sp³-hybridized carbons (Fsp3) is 0.400. The van der Waals surface area contributed by atoms with Gasteiger partial charge in [-0.25, -0.2) is 4.98 Å². The monoisotopic (exact) mass is 260 g/mol. The molecule has 6 heteroatoms. The van der Waals surface area contributed by atoms with Gasteiger partial charge in [0.15, 0.2) is 0 Å². The van der Waals surface area contributed by atoms with E-state index in [-0.39, 0.29) is 12.0 Å². The lowest BCUT2D eigenvalue weighted by Crippen LogP contribution is -2.27. The number of aromatic nitrogens is 1. The van der Waals surface area contributed by atoms with Crippen molar-refractivity contribution in [3.05, 3.63) is 22.3 Å². The third kappa shape index (κ3) is 2.64. The van der Waals surface area contributed by atoms with Crippen LogP contribution in [0, 0.1) is 0 Å². The van der Waals surface area contributed by atoms with Gasteiger partial charge in [-0.3, -0.25) is 4.79 Å². The molecule has 0 spiro atoms. The average molecular weight is 261 g/mol. The summed E-state index contributed by atoms with van der Waals surface area (Å²) in [7, 11) is 0. The Hall–Kier alpha value is -0.840. The Kier molecular flexibility index (Phi) is 3.63. The molecule has 1 fully saturated rings. The predicted molar refractivity (Wildman–Crippen MR) is 61.9 cm³/mol. The third-order valence-corrected chi connectivity index (χ3v) is 2.99. The number of carbonyl (C=O) groups is 1. The minimum absolute atomic E-state index is 0.191. The normalized spacial score (nSPS) is 19.8. The van der Waals surface area contributed by atoms with Crippen LogP contribution in [-0.4, -0.2) is 23.6 Å². The number of ether oxygens (including phenoxy) is 1. The molecule has 1 amide bonds. The Balaban J connectivity index is 2.02. The number of anilines is 1. The summed E-state index contributed by atoms with van der Waals surface area (Å²) in [5.41, 5.74) is 0. The van der Waals surface area contributed by atoms with Gasteiger partial charge in [-0.15, -0.1) is 0 Å². The molecule has 4 nitrogen and oxygen atoms in total. The number of hydrogen-bond donors (Lipinski definition) is 1. The van der Waals surface area contributed by atoms with Gasteiger partial charge in [-0.1, -0.05) is 23.2 Å². The number of pyridine rings is 1. The van der Waals surface area contributed by atoms with Gasteiger partial charge in [0.2, 0.25) is 0 Å². The lowest BCUT2D eigenvalue weighted by molar-refractivity contribution is -0.124. The van der Waals surface area contributed by atoms with Gasteiger partial charge >= 0.3 is 0 Å². The van der Waals surface area contributed by atoms with Gasteiger partial charge in [-0.2, -0.15) is 0 Å². The maximum absolute atomic E-state index is 11.7. The van der Waals surface area contributed by atoms with Gasteiger partial charge in [0.25, 0.3) is 5.91 Å². The molecule has 0 saturated carbocycles. The molecule has 1 aliphatic heterocycles. The first kappa shape index (κ1) is 11.6. The van der Waals surface area contributed by atoms with Gasteiger partial charge in [0.1, 0.15) is 11.9 Å². The standard InChI is InChI=1S/C10H10Cl2N2O2/c11-6-4-9(13-5-7(6)12)14-10(15)8-2-1-3-16-8/h4-5,8H,1-3H2,(H,13,14,15). The summed E-state index contributed by atoms with van der Waals surface area (Å²) < 4.78 is 5.24. The van der Waals surface area contributed by atoms with Gasteiger partial charge in [0.05, 0.1) is 10.0 Å². The maximum Gasteiger partial charge on any atom is 0.254 e. The first-order valence-electron chi connectivity index (χ1n) is 4.90. The lowest BCUT2D eigenvalue weighted by atomic mass is 10.2. The SMILES string of the molecule is O=C(Nc1cc(Cl)c(Cl)cn1)C1CCCO1. The van der Waals surface area contributed by atoms with E-state index in [9.17, 15) is 4.79 Å². The zero-order valence-electron chi connectivity index (χ0n) is 8.37. The molecule has 1 aromatic heterocycles. The van der Waals surface area contributed by atoms with Crippen LogP contribution < -0.4 is 5.32 Å². The van der Waals surface area contributed by atoms with Crippen LogP contribution in [-0.2, 0) is 9.53 Å². The summed E-state index contributed by atoms with van der Waals surface area (Å²) in [6.45, 7) is 0.632. The van der Waals surface area contributed by atoms with E-state index in [2.05, 4.69) is 10.3 Å². The van der Waals surface area contributed by atoms with Crippen LogP contribution in [0.1, 0.15) is 12.8 Å². The molecule has 1 aromatic rings. The average Bonchev–Trinajstić information content (AvgIpc) is 2.77. The summed E-state index contributed by atoms with van der Waals surface area (Å²) in [6.07, 6.45) is 2.67. The van der Waals surface area contributed by atoms with Crippen molar-refractivity contribution in [2.45, 2.75) is 18.9 Å². The van der Waals surface area contributed by atoms with E-state index in [1.54, 1.807) is 0 Å². The smallest absolute Gasteiger partial charge is 0.254 e. The van der Waals surface area contributed by atoms with Crippen molar-refractivity contribution < 1.29 is 9.53 Å². The second-order valence-electron chi connectivity index (χ2n) is 3.47. The first-order chi connectivity index (χ1) is 7.66. The Labute approximate surface area is 103 Å². The molecule has 0 aliphatic carbocycles. The number of nitrogens with one attached hydrogen (secondary N) is 1. The molecule has 0 bridgehead atoms. The fourth-order valence-corrected chi connectivity index (χ4v) is 1.73. The molecular weight excluding hydrogens is 251 g/mol. The zero-order valence-corrected chi connectivity index (χ0v) is 9.88. The van der Waals surface area contributed by atoms with Crippen LogP contribution in [0.25, 0.3) is 0 Å². The van der Waals surface area contributed by atoms with Crippen molar-refractivity contribution in [2.75, 3.05) is 11.9 Å². The van der Waals surface area contributed by atoms with Gasteiger partial charge in [-0.05, 0) is 12.8 Å². The molecule has 1 unspecified atom stereocenters. The van der Waals surface area contributed by atoms with Crippen molar-refractivity contribution in [1.29, 1.82) is 0 Å². The van der Waals surface area contributed by atoms with Crippen molar-refractivity contribution in [3.63, 3.8) is 0 Å². The van der Waals surface area contributed by atoms with Crippen LogP contribution in [0.4, 0.5) is 5.82 Å². The van der Waals surface area contributed by atoms with E-state index in [1.165, 1.54) is 12.3 Å². The largest absolute Gasteiger partial charge is 0.368 e. The summed E-state index contributed by atoms with van der Waals surface area (Å²) >= 11 is 11.5. The summed E-state index contributed by atoms with van der Waals surface area (Å²) in [6, 6.07) is 1.51. The molecule has 1 aliphatic rings. The number of halogens is 2. The molecule has 1 N–H and O–H groups in total. The van der Waals surface area contributed by atoms with Gasteiger partial charge < -0.3 is 10.1 Å². The minimum Gasteiger partial charge on any atom is -0.368 e. The van der Waals surface area contributed by atoms with Crippen LogP contribution in [0.3, 0.4) is 0 Å². The molecule has 16 heavy (non-hydrogen) atoms. The van der Waals surface area contributed by atoms with Crippen LogP contribution in [0.15, 0.2) is 12.3 Å². The number of carbonyl (C=O) groups excluding carboxylic acids is 1. The van der Waals surface area contributed by atoms with E-state index in [0.717, 1.165) is 12.8 Å². The highest BCUT2D eigenvalue weighted by Crippen LogP contribution is 2.23. The van der Waals surface area contributed by atoms with E-state index in [0.29, 0.717) is 22.5 Å². The van der Waals surface area contributed by atoms with E-state index >= 15 is 0 Å². The third-order valence-electron chi connectivity index (χ3n) is 2.28. The molecule has 1 saturated heterocycles. The molecule has 0 radical (unpaired) electrons.